The summed E-state index contributed by atoms with van der Waals surface area (Å²) in [6.07, 6.45) is -3.02. The van der Waals surface area contributed by atoms with Crippen molar-refractivity contribution in [3.63, 3.8) is 0 Å². The van der Waals surface area contributed by atoms with E-state index in [0.29, 0.717) is 6.07 Å². The number of aromatic nitrogens is 1. The SMILES string of the molecule is Cc1c([N+](=O)[O-])cc(F)nc1C(F)F. The lowest BCUT2D eigenvalue weighted by Crippen LogP contribution is -2.02. The van der Waals surface area contributed by atoms with Gasteiger partial charge < -0.3 is 0 Å². The van der Waals surface area contributed by atoms with Crippen molar-refractivity contribution in [1.82, 2.24) is 4.98 Å². The molecule has 0 atom stereocenters. The Kier molecular flexibility index (Phi) is 2.68. The zero-order valence-electron chi connectivity index (χ0n) is 7.00. The van der Waals surface area contributed by atoms with Gasteiger partial charge in [0.15, 0.2) is 0 Å². The maximum Gasteiger partial charge on any atom is 0.280 e. The molecule has 0 spiro atoms. The second-order valence-electron chi connectivity index (χ2n) is 2.53. The van der Waals surface area contributed by atoms with Crippen LogP contribution in [-0.4, -0.2) is 9.91 Å². The third kappa shape index (κ3) is 1.81. The van der Waals surface area contributed by atoms with E-state index in [4.69, 9.17) is 0 Å². The fourth-order valence-electron chi connectivity index (χ4n) is 0.986. The number of alkyl halides is 2. The number of halogens is 3. The van der Waals surface area contributed by atoms with E-state index in [1.807, 2.05) is 0 Å². The van der Waals surface area contributed by atoms with Crippen molar-refractivity contribution in [2.24, 2.45) is 0 Å². The van der Waals surface area contributed by atoms with E-state index in [-0.39, 0.29) is 5.56 Å². The number of rotatable bonds is 2. The van der Waals surface area contributed by atoms with Gasteiger partial charge in [-0.3, -0.25) is 10.1 Å². The van der Waals surface area contributed by atoms with Gasteiger partial charge in [0.25, 0.3) is 12.1 Å². The summed E-state index contributed by atoms with van der Waals surface area (Å²) in [4.78, 5) is 12.3. The van der Waals surface area contributed by atoms with Crippen LogP contribution in [0, 0.1) is 23.0 Å². The smallest absolute Gasteiger partial charge is 0.258 e. The van der Waals surface area contributed by atoms with Gasteiger partial charge in [-0.2, -0.15) is 4.39 Å². The van der Waals surface area contributed by atoms with Crippen LogP contribution in [0.15, 0.2) is 6.07 Å². The van der Waals surface area contributed by atoms with Crippen LogP contribution in [0.5, 0.6) is 0 Å². The summed E-state index contributed by atoms with van der Waals surface area (Å²) in [5, 5.41) is 10.3. The maximum atomic E-state index is 12.6. The first-order valence-electron chi connectivity index (χ1n) is 3.53. The molecule has 1 rings (SSSR count). The van der Waals surface area contributed by atoms with Crippen LogP contribution >= 0.6 is 0 Å². The molecule has 0 amide bonds. The third-order valence-electron chi connectivity index (χ3n) is 1.65. The van der Waals surface area contributed by atoms with Crippen LogP contribution in [0.3, 0.4) is 0 Å². The summed E-state index contributed by atoms with van der Waals surface area (Å²) in [7, 11) is 0. The zero-order valence-corrected chi connectivity index (χ0v) is 7.00. The number of nitro groups is 1. The van der Waals surface area contributed by atoms with Crippen LogP contribution < -0.4 is 0 Å². The minimum absolute atomic E-state index is 0.314. The quantitative estimate of drug-likeness (QED) is 0.424. The Bertz CT molecular complexity index is 381. The molecule has 0 radical (unpaired) electrons. The van der Waals surface area contributed by atoms with Crippen molar-refractivity contribution in [3.8, 4) is 0 Å². The first-order chi connectivity index (χ1) is 6.43. The highest BCUT2D eigenvalue weighted by Gasteiger charge is 2.22. The molecule has 1 aromatic rings. The summed E-state index contributed by atoms with van der Waals surface area (Å²) in [5.41, 5.74) is -1.89. The lowest BCUT2D eigenvalue weighted by atomic mass is 10.2. The molecule has 4 nitrogen and oxygen atoms in total. The second kappa shape index (κ2) is 3.60. The van der Waals surface area contributed by atoms with E-state index < -0.39 is 28.7 Å². The van der Waals surface area contributed by atoms with Crippen LogP contribution in [0.1, 0.15) is 17.7 Å². The van der Waals surface area contributed by atoms with E-state index in [2.05, 4.69) is 4.98 Å². The van der Waals surface area contributed by atoms with Gasteiger partial charge in [0.2, 0.25) is 5.95 Å². The van der Waals surface area contributed by atoms with Crippen molar-refractivity contribution >= 4 is 5.69 Å². The average Bonchev–Trinajstić information content (AvgIpc) is 2.07. The minimum Gasteiger partial charge on any atom is -0.258 e. The van der Waals surface area contributed by atoms with E-state index in [0.717, 1.165) is 6.92 Å². The fourth-order valence-corrected chi connectivity index (χ4v) is 0.986. The number of pyridine rings is 1. The Morgan fingerprint density at radius 1 is 1.57 bits per heavy atom. The van der Waals surface area contributed by atoms with Gasteiger partial charge in [-0.05, 0) is 6.92 Å². The van der Waals surface area contributed by atoms with Gasteiger partial charge >= 0.3 is 0 Å². The average molecular weight is 206 g/mol. The van der Waals surface area contributed by atoms with Gasteiger partial charge in [-0.1, -0.05) is 0 Å². The lowest BCUT2D eigenvalue weighted by Gasteiger charge is -2.03. The largest absolute Gasteiger partial charge is 0.280 e. The van der Waals surface area contributed by atoms with E-state index >= 15 is 0 Å². The van der Waals surface area contributed by atoms with Crippen LogP contribution in [0.2, 0.25) is 0 Å². The monoisotopic (exact) mass is 206 g/mol. The maximum absolute atomic E-state index is 12.6. The summed E-state index contributed by atoms with van der Waals surface area (Å²) in [5.74, 6) is -1.28. The molecule has 0 bridgehead atoms. The molecule has 1 aromatic heterocycles. The minimum atomic E-state index is -3.02. The topological polar surface area (TPSA) is 56.0 Å². The lowest BCUT2D eigenvalue weighted by molar-refractivity contribution is -0.385. The number of nitrogens with zero attached hydrogens (tertiary/aromatic N) is 2. The molecule has 0 aliphatic heterocycles. The van der Waals surface area contributed by atoms with E-state index in [1.54, 1.807) is 0 Å². The Morgan fingerprint density at radius 3 is 2.57 bits per heavy atom. The van der Waals surface area contributed by atoms with Crippen molar-refractivity contribution in [3.05, 3.63) is 33.4 Å². The van der Waals surface area contributed by atoms with Gasteiger partial charge in [0.1, 0.15) is 5.69 Å². The summed E-state index contributed by atoms with van der Waals surface area (Å²) in [6.45, 7) is 1.10. The summed E-state index contributed by atoms with van der Waals surface area (Å²) < 4.78 is 37.0. The van der Waals surface area contributed by atoms with Gasteiger partial charge in [0.05, 0.1) is 16.6 Å². The molecule has 0 saturated carbocycles. The highest BCUT2D eigenvalue weighted by molar-refractivity contribution is 5.41. The van der Waals surface area contributed by atoms with E-state index in [1.165, 1.54) is 0 Å². The molecule has 0 aliphatic rings. The number of hydrogen-bond donors (Lipinski definition) is 0. The fraction of sp³-hybridized carbons (Fsp3) is 0.286. The summed E-state index contributed by atoms with van der Waals surface area (Å²) in [6, 6.07) is 0.515. The Morgan fingerprint density at radius 2 is 2.14 bits per heavy atom. The van der Waals surface area contributed by atoms with Crippen molar-refractivity contribution in [1.29, 1.82) is 0 Å². The highest BCUT2D eigenvalue weighted by Crippen LogP contribution is 2.27. The molecule has 0 N–H and O–H groups in total. The molecular formula is C7H5F3N2O2. The molecule has 0 aromatic carbocycles. The Balaban J connectivity index is 3.40. The molecule has 14 heavy (non-hydrogen) atoms. The second-order valence-corrected chi connectivity index (χ2v) is 2.53. The van der Waals surface area contributed by atoms with Crippen LogP contribution in [0.25, 0.3) is 0 Å². The van der Waals surface area contributed by atoms with Gasteiger partial charge in [-0.25, -0.2) is 13.8 Å². The molecule has 0 fully saturated rings. The third-order valence-corrected chi connectivity index (χ3v) is 1.65. The molecule has 76 valence electrons. The van der Waals surface area contributed by atoms with Crippen LogP contribution in [0.4, 0.5) is 18.9 Å². The molecule has 1 heterocycles. The van der Waals surface area contributed by atoms with Crippen molar-refractivity contribution < 1.29 is 18.1 Å². The molecule has 7 heteroatoms. The first-order valence-corrected chi connectivity index (χ1v) is 3.53. The Labute approximate surface area is 76.5 Å². The van der Waals surface area contributed by atoms with Crippen molar-refractivity contribution in [2.45, 2.75) is 13.3 Å². The normalized spacial score (nSPS) is 10.6. The predicted molar refractivity (Wildman–Crippen MR) is 40.5 cm³/mol. The Hall–Kier alpha value is -1.66. The van der Waals surface area contributed by atoms with Crippen molar-refractivity contribution in [2.75, 3.05) is 0 Å². The standard InChI is InChI=1S/C7H5F3N2O2/c1-3-4(12(13)14)2-5(8)11-6(3)7(9)10/h2,7H,1H3. The van der Waals surface area contributed by atoms with Crippen LogP contribution in [-0.2, 0) is 0 Å². The zero-order chi connectivity index (χ0) is 10.9. The van der Waals surface area contributed by atoms with E-state index in [9.17, 15) is 23.3 Å². The molecule has 0 saturated heterocycles. The summed E-state index contributed by atoms with van der Waals surface area (Å²) >= 11 is 0. The predicted octanol–water partition coefficient (Wildman–Crippen LogP) is 2.37. The van der Waals surface area contributed by atoms with Gasteiger partial charge in [0, 0.05) is 0 Å². The molecule has 0 aliphatic carbocycles. The molecular weight excluding hydrogens is 201 g/mol. The molecule has 0 unspecified atom stereocenters. The highest BCUT2D eigenvalue weighted by atomic mass is 19.3. The number of hydrogen-bond acceptors (Lipinski definition) is 3. The first kappa shape index (κ1) is 10.4. The van der Waals surface area contributed by atoms with Gasteiger partial charge in [-0.15, -0.1) is 0 Å².